The number of likely N-dealkylation sites (tertiary alicyclic amines) is 1. The quantitative estimate of drug-likeness (QED) is 0.793. The van der Waals surface area contributed by atoms with Crippen LogP contribution in [0.25, 0.3) is 0 Å². The summed E-state index contributed by atoms with van der Waals surface area (Å²) in [5, 5.41) is 8.91. The highest BCUT2D eigenvalue weighted by molar-refractivity contribution is 5.99. The van der Waals surface area contributed by atoms with E-state index in [-0.39, 0.29) is 23.7 Å². The Kier molecular flexibility index (Phi) is 3.41. The largest absolute Gasteiger partial charge is 0.481 e. The van der Waals surface area contributed by atoms with Gasteiger partial charge in [-0.1, -0.05) is 12.8 Å². The number of piperidine rings is 1. The SMILES string of the molecule is CC(C)(CC(=O)O)N1C(=O)CC2(CCCC2)CC1=O. The summed E-state index contributed by atoms with van der Waals surface area (Å²) < 4.78 is 0. The number of carbonyl (C=O) groups is 3. The number of nitrogens with zero attached hydrogens (tertiary/aromatic N) is 1. The minimum Gasteiger partial charge on any atom is -0.481 e. The van der Waals surface area contributed by atoms with E-state index < -0.39 is 11.5 Å². The van der Waals surface area contributed by atoms with Crippen molar-refractivity contribution in [2.45, 2.75) is 64.3 Å². The molecule has 0 aromatic heterocycles. The van der Waals surface area contributed by atoms with Crippen LogP contribution in [0.1, 0.15) is 58.8 Å². The molecule has 2 amide bonds. The van der Waals surface area contributed by atoms with Crippen LogP contribution < -0.4 is 0 Å². The molecule has 0 unspecified atom stereocenters. The highest BCUT2D eigenvalue weighted by Crippen LogP contribution is 2.48. The number of amides is 2. The summed E-state index contributed by atoms with van der Waals surface area (Å²) >= 11 is 0. The number of hydrogen-bond donors (Lipinski definition) is 1. The molecular formula is C14H21NO4. The summed E-state index contributed by atoms with van der Waals surface area (Å²) in [5.41, 5.74) is -1.08. The Morgan fingerprint density at radius 1 is 1.21 bits per heavy atom. The molecule has 1 aliphatic carbocycles. The molecule has 2 aliphatic rings. The van der Waals surface area contributed by atoms with Crippen molar-refractivity contribution in [1.29, 1.82) is 0 Å². The Balaban J connectivity index is 2.18. The molecule has 5 heteroatoms. The first-order valence-corrected chi connectivity index (χ1v) is 6.84. The molecule has 1 heterocycles. The average molecular weight is 267 g/mol. The Hall–Kier alpha value is -1.39. The van der Waals surface area contributed by atoms with Gasteiger partial charge in [-0.25, -0.2) is 0 Å². The number of carboxylic acids is 1. The van der Waals surface area contributed by atoms with Gasteiger partial charge in [0.1, 0.15) is 0 Å². The van der Waals surface area contributed by atoms with Gasteiger partial charge < -0.3 is 5.11 Å². The van der Waals surface area contributed by atoms with Crippen molar-refractivity contribution in [2.75, 3.05) is 0 Å². The summed E-state index contributed by atoms with van der Waals surface area (Å²) in [6.07, 6.45) is 4.62. The van der Waals surface area contributed by atoms with Crippen LogP contribution in [0.15, 0.2) is 0 Å². The first kappa shape index (κ1) is 14.0. The molecule has 0 bridgehead atoms. The van der Waals surface area contributed by atoms with Crippen LogP contribution in [-0.4, -0.2) is 33.3 Å². The highest BCUT2D eigenvalue weighted by atomic mass is 16.4. The summed E-state index contributed by atoms with van der Waals surface area (Å²) in [6.45, 7) is 3.28. The second-order valence-corrected chi connectivity index (χ2v) is 6.57. The van der Waals surface area contributed by atoms with Gasteiger partial charge in [-0.15, -0.1) is 0 Å². The van der Waals surface area contributed by atoms with Gasteiger partial charge in [0, 0.05) is 12.8 Å². The van der Waals surface area contributed by atoms with Crippen LogP contribution >= 0.6 is 0 Å². The molecule has 0 aromatic carbocycles. The summed E-state index contributed by atoms with van der Waals surface area (Å²) in [6, 6.07) is 0. The van der Waals surface area contributed by atoms with E-state index in [9.17, 15) is 14.4 Å². The maximum Gasteiger partial charge on any atom is 0.305 e. The Morgan fingerprint density at radius 3 is 2.11 bits per heavy atom. The minimum absolute atomic E-state index is 0.135. The lowest BCUT2D eigenvalue weighted by Gasteiger charge is -2.44. The molecule has 2 rings (SSSR count). The zero-order valence-corrected chi connectivity index (χ0v) is 11.6. The van der Waals surface area contributed by atoms with Crippen molar-refractivity contribution in [3.05, 3.63) is 0 Å². The maximum absolute atomic E-state index is 12.3. The third kappa shape index (κ3) is 2.65. The molecule has 19 heavy (non-hydrogen) atoms. The lowest BCUT2D eigenvalue weighted by atomic mass is 9.75. The number of aliphatic carboxylic acids is 1. The predicted molar refractivity (Wildman–Crippen MR) is 68.3 cm³/mol. The fourth-order valence-corrected chi connectivity index (χ4v) is 3.60. The fourth-order valence-electron chi connectivity index (χ4n) is 3.60. The monoisotopic (exact) mass is 267 g/mol. The predicted octanol–water partition coefficient (Wildman–Crippen LogP) is 1.95. The van der Waals surface area contributed by atoms with Crippen LogP contribution in [0.4, 0.5) is 0 Å². The van der Waals surface area contributed by atoms with E-state index in [0.29, 0.717) is 12.8 Å². The second kappa shape index (κ2) is 4.62. The Morgan fingerprint density at radius 2 is 1.68 bits per heavy atom. The van der Waals surface area contributed by atoms with Gasteiger partial charge in [0.2, 0.25) is 11.8 Å². The molecule has 5 nitrogen and oxygen atoms in total. The van der Waals surface area contributed by atoms with E-state index in [1.165, 1.54) is 4.90 Å². The first-order valence-electron chi connectivity index (χ1n) is 6.84. The fraction of sp³-hybridized carbons (Fsp3) is 0.786. The van der Waals surface area contributed by atoms with Crippen molar-refractivity contribution in [1.82, 2.24) is 4.90 Å². The van der Waals surface area contributed by atoms with Crippen LogP contribution in [0.2, 0.25) is 0 Å². The summed E-state index contributed by atoms with van der Waals surface area (Å²) in [4.78, 5) is 36.7. The molecule has 0 radical (unpaired) electrons. The van der Waals surface area contributed by atoms with E-state index in [4.69, 9.17) is 5.11 Å². The van der Waals surface area contributed by atoms with E-state index in [2.05, 4.69) is 0 Å². The number of carbonyl (C=O) groups excluding carboxylic acids is 2. The lowest BCUT2D eigenvalue weighted by Crippen LogP contribution is -2.57. The Labute approximate surface area is 113 Å². The topological polar surface area (TPSA) is 74.7 Å². The van der Waals surface area contributed by atoms with Crippen molar-refractivity contribution in [3.8, 4) is 0 Å². The molecule has 1 saturated carbocycles. The molecule has 1 spiro atoms. The molecule has 1 saturated heterocycles. The lowest BCUT2D eigenvalue weighted by molar-refractivity contribution is -0.161. The second-order valence-electron chi connectivity index (χ2n) is 6.57. The molecule has 1 N–H and O–H groups in total. The molecule has 1 aliphatic heterocycles. The van der Waals surface area contributed by atoms with Crippen molar-refractivity contribution in [3.63, 3.8) is 0 Å². The highest BCUT2D eigenvalue weighted by Gasteiger charge is 2.49. The maximum atomic E-state index is 12.3. The van der Waals surface area contributed by atoms with Crippen LogP contribution in [0.3, 0.4) is 0 Å². The van der Waals surface area contributed by atoms with Crippen LogP contribution in [-0.2, 0) is 14.4 Å². The number of imide groups is 1. The third-order valence-electron chi connectivity index (χ3n) is 4.40. The van der Waals surface area contributed by atoms with Crippen LogP contribution in [0.5, 0.6) is 0 Å². The molecule has 106 valence electrons. The van der Waals surface area contributed by atoms with E-state index in [1.807, 2.05) is 0 Å². The third-order valence-corrected chi connectivity index (χ3v) is 4.40. The first-order chi connectivity index (χ1) is 8.76. The van der Waals surface area contributed by atoms with E-state index >= 15 is 0 Å². The molecular weight excluding hydrogens is 246 g/mol. The average Bonchev–Trinajstić information content (AvgIpc) is 2.61. The van der Waals surface area contributed by atoms with Gasteiger partial charge in [-0.05, 0) is 32.1 Å². The molecule has 0 atom stereocenters. The molecule has 2 fully saturated rings. The molecule has 0 aromatic rings. The summed E-state index contributed by atoms with van der Waals surface area (Å²) in [5.74, 6) is -1.40. The van der Waals surface area contributed by atoms with Gasteiger partial charge in [0.05, 0.1) is 12.0 Å². The van der Waals surface area contributed by atoms with Gasteiger partial charge in [-0.3, -0.25) is 19.3 Å². The zero-order chi connectivity index (χ0) is 14.3. The number of carboxylic acid groups (broad SMARTS) is 1. The van der Waals surface area contributed by atoms with Gasteiger partial charge in [-0.2, -0.15) is 0 Å². The number of rotatable bonds is 3. The van der Waals surface area contributed by atoms with E-state index in [0.717, 1.165) is 25.7 Å². The standard InChI is InChI=1S/C14H21NO4/c1-13(2,9-12(18)19)15-10(16)7-14(8-11(15)17)5-3-4-6-14/h3-9H2,1-2H3,(H,18,19). The van der Waals surface area contributed by atoms with E-state index in [1.54, 1.807) is 13.8 Å². The smallest absolute Gasteiger partial charge is 0.305 e. The normalized spacial score (nSPS) is 23.2. The Bertz CT molecular complexity index is 401. The summed E-state index contributed by atoms with van der Waals surface area (Å²) in [7, 11) is 0. The number of hydrogen-bond acceptors (Lipinski definition) is 3. The van der Waals surface area contributed by atoms with Gasteiger partial charge in [0.25, 0.3) is 0 Å². The van der Waals surface area contributed by atoms with Gasteiger partial charge in [0.15, 0.2) is 0 Å². The zero-order valence-electron chi connectivity index (χ0n) is 11.6. The van der Waals surface area contributed by atoms with Crippen molar-refractivity contribution < 1.29 is 19.5 Å². The van der Waals surface area contributed by atoms with Crippen LogP contribution in [0, 0.1) is 5.41 Å². The van der Waals surface area contributed by atoms with Crippen molar-refractivity contribution in [2.24, 2.45) is 5.41 Å². The minimum atomic E-state index is -0.994. The van der Waals surface area contributed by atoms with Gasteiger partial charge >= 0.3 is 5.97 Å². The van der Waals surface area contributed by atoms with Crippen molar-refractivity contribution >= 4 is 17.8 Å².